The molecule has 1 aromatic carbocycles. The standard InChI is InChI=1S/C15H18N6O2/c1-20-14(17-18-19-20)11-3-2-4-12(9-11)15(23)21-7-5-10(6-8-21)13(16)22/h2-4,9-10H,5-8H2,1H3,(H2,16,22). The SMILES string of the molecule is Cn1nnnc1-c1cccc(C(=O)N2CCC(C(N)=O)CC2)c1. The average molecular weight is 314 g/mol. The van der Waals surface area contributed by atoms with Crippen molar-refractivity contribution in [2.24, 2.45) is 18.7 Å². The molecule has 0 bridgehead atoms. The molecule has 1 aliphatic rings. The zero-order valence-electron chi connectivity index (χ0n) is 12.8. The van der Waals surface area contributed by atoms with Gasteiger partial charge in [-0.05, 0) is 35.4 Å². The van der Waals surface area contributed by atoms with Crippen molar-refractivity contribution < 1.29 is 9.59 Å². The van der Waals surface area contributed by atoms with Crippen LogP contribution in [0.2, 0.25) is 0 Å². The van der Waals surface area contributed by atoms with Crippen LogP contribution in [-0.2, 0) is 11.8 Å². The van der Waals surface area contributed by atoms with Gasteiger partial charge in [-0.1, -0.05) is 12.1 Å². The average Bonchev–Trinajstić information content (AvgIpc) is 3.00. The van der Waals surface area contributed by atoms with Crippen LogP contribution < -0.4 is 5.73 Å². The number of aromatic nitrogens is 4. The number of likely N-dealkylation sites (tertiary alicyclic amines) is 1. The number of amides is 2. The lowest BCUT2D eigenvalue weighted by Gasteiger charge is -2.30. The maximum absolute atomic E-state index is 12.6. The van der Waals surface area contributed by atoms with Crippen molar-refractivity contribution in [3.63, 3.8) is 0 Å². The van der Waals surface area contributed by atoms with E-state index >= 15 is 0 Å². The van der Waals surface area contributed by atoms with E-state index < -0.39 is 0 Å². The molecule has 2 N–H and O–H groups in total. The van der Waals surface area contributed by atoms with Crippen molar-refractivity contribution in [2.45, 2.75) is 12.8 Å². The van der Waals surface area contributed by atoms with Gasteiger partial charge in [-0.3, -0.25) is 9.59 Å². The number of tetrazole rings is 1. The van der Waals surface area contributed by atoms with E-state index in [4.69, 9.17) is 5.73 Å². The topological polar surface area (TPSA) is 107 Å². The molecular formula is C15H18N6O2. The second kappa shape index (κ2) is 6.15. The third-order valence-electron chi connectivity index (χ3n) is 4.17. The summed E-state index contributed by atoms with van der Waals surface area (Å²) in [4.78, 5) is 25.6. The molecular weight excluding hydrogens is 296 g/mol. The number of piperidine rings is 1. The first kappa shape index (κ1) is 15.1. The maximum atomic E-state index is 12.6. The number of benzene rings is 1. The molecule has 0 atom stereocenters. The van der Waals surface area contributed by atoms with Crippen LogP contribution >= 0.6 is 0 Å². The van der Waals surface area contributed by atoms with Gasteiger partial charge < -0.3 is 10.6 Å². The zero-order chi connectivity index (χ0) is 16.4. The summed E-state index contributed by atoms with van der Waals surface area (Å²) in [7, 11) is 1.75. The van der Waals surface area contributed by atoms with E-state index in [1.807, 2.05) is 12.1 Å². The highest BCUT2D eigenvalue weighted by Gasteiger charge is 2.26. The fraction of sp³-hybridized carbons (Fsp3) is 0.400. The number of primary amides is 1. The molecule has 8 heteroatoms. The summed E-state index contributed by atoms with van der Waals surface area (Å²) >= 11 is 0. The second-order valence-electron chi connectivity index (χ2n) is 5.68. The molecule has 2 amide bonds. The highest BCUT2D eigenvalue weighted by Crippen LogP contribution is 2.21. The largest absolute Gasteiger partial charge is 0.369 e. The second-order valence-corrected chi connectivity index (χ2v) is 5.68. The molecule has 120 valence electrons. The van der Waals surface area contributed by atoms with E-state index in [2.05, 4.69) is 15.5 Å². The Bertz CT molecular complexity index is 733. The minimum absolute atomic E-state index is 0.0510. The molecule has 0 aliphatic carbocycles. The molecule has 1 saturated heterocycles. The van der Waals surface area contributed by atoms with Crippen LogP contribution in [0.4, 0.5) is 0 Å². The number of carbonyl (C=O) groups is 2. The third kappa shape index (κ3) is 3.05. The number of carbonyl (C=O) groups excluding carboxylic acids is 2. The van der Waals surface area contributed by atoms with E-state index in [1.54, 1.807) is 28.8 Å². The Balaban J connectivity index is 1.76. The van der Waals surface area contributed by atoms with Crippen LogP contribution in [0, 0.1) is 5.92 Å². The summed E-state index contributed by atoms with van der Waals surface area (Å²) in [6.45, 7) is 1.09. The number of aryl methyl sites for hydroxylation is 1. The summed E-state index contributed by atoms with van der Waals surface area (Å²) in [5, 5.41) is 11.4. The predicted molar refractivity (Wildman–Crippen MR) is 82.1 cm³/mol. The van der Waals surface area contributed by atoms with E-state index in [-0.39, 0.29) is 17.7 Å². The van der Waals surface area contributed by atoms with Crippen LogP contribution in [0.3, 0.4) is 0 Å². The van der Waals surface area contributed by atoms with E-state index in [1.165, 1.54) is 0 Å². The van der Waals surface area contributed by atoms with Crippen molar-refractivity contribution in [3.8, 4) is 11.4 Å². The minimum atomic E-state index is -0.283. The Labute approximate surface area is 133 Å². The van der Waals surface area contributed by atoms with Crippen molar-refractivity contribution in [1.82, 2.24) is 25.1 Å². The molecule has 0 unspecified atom stereocenters. The van der Waals surface area contributed by atoms with Gasteiger partial charge in [-0.25, -0.2) is 4.68 Å². The monoisotopic (exact) mass is 314 g/mol. The van der Waals surface area contributed by atoms with E-state index in [0.29, 0.717) is 37.3 Å². The van der Waals surface area contributed by atoms with Gasteiger partial charge in [-0.15, -0.1) is 5.10 Å². The van der Waals surface area contributed by atoms with Crippen molar-refractivity contribution in [3.05, 3.63) is 29.8 Å². The van der Waals surface area contributed by atoms with E-state index in [0.717, 1.165) is 5.56 Å². The van der Waals surface area contributed by atoms with Gasteiger partial charge in [0.1, 0.15) is 0 Å². The Kier molecular flexibility index (Phi) is 4.05. The fourth-order valence-electron chi connectivity index (χ4n) is 2.81. The van der Waals surface area contributed by atoms with Gasteiger partial charge in [0, 0.05) is 37.2 Å². The van der Waals surface area contributed by atoms with Gasteiger partial charge in [0.25, 0.3) is 5.91 Å². The summed E-state index contributed by atoms with van der Waals surface area (Å²) < 4.78 is 1.56. The molecule has 0 spiro atoms. The summed E-state index contributed by atoms with van der Waals surface area (Å²) in [6, 6.07) is 7.24. The highest BCUT2D eigenvalue weighted by molar-refractivity contribution is 5.95. The van der Waals surface area contributed by atoms with Gasteiger partial charge in [0.05, 0.1) is 0 Å². The Morgan fingerprint density at radius 2 is 2.00 bits per heavy atom. The Morgan fingerprint density at radius 3 is 2.61 bits per heavy atom. The maximum Gasteiger partial charge on any atom is 0.253 e. The fourth-order valence-corrected chi connectivity index (χ4v) is 2.81. The van der Waals surface area contributed by atoms with Crippen LogP contribution in [0.1, 0.15) is 23.2 Å². The number of hydrogen-bond acceptors (Lipinski definition) is 5. The molecule has 1 fully saturated rings. The smallest absolute Gasteiger partial charge is 0.253 e. The molecule has 8 nitrogen and oxygen atoms in total. The molecule has 0 radical (unpaired) electrons. The first-order chi connectivity index (χ1) is 11.1. The highest BCUT2D eigenvalue weighted by atomic mass is 16.2. The summed E-state index contributed by atoms with van der Waals surface area (Å²) in [6.07, 6.45) is 1.24. The predicted octanol–water partition coefficient (Wildman–Crippen LogP) is 0.215. The van der Waals surface area contributed by atoms with Crippen LogP contribution in [0.15, 0.2) is 24.3 Å². The molecule has 2 heterocycles. The lowest BCUT2D eigenvalue weighted by Crippen LogP contribution is -2.41. The van der Waals surface area contributed by atoms with Crippen molar-refractivity contribution >= 4 is 11.8 Å². The lowest BCUT2D eigenvalue weighted by molar-refractivity contribution is -0.123. The molecule has 23 heavy (non-hydrogen) atoms. The van der Waals surface area contributed by atoms with Gasteiger partial charge in [-0.2, -0.15) is 0 Å². The quantitative estimate of drug-likeness (QED) is 0.871. The van der Waals surface area contributed by atoms with Crippen molar-refractivity contribution in [1.29, 1.82) is 0 Å². The minimum Gasteiger partial charge on any atom is -0.369 e. The summed E-state index contributed by atoms with van der Waals surface area (Å²) in [5.74, 6) is 0.140. The van der Waals surface area contributed by atoms with Crippen LogP contribution in [0.5, 0.6) is 0 Å². The molecule has 0 saturated carbocycles. The van der Waals surface area contributed by atoms with Gasteiger partial charge in [0.15, 0.2) is 5.82 Å². The Hall–Kier alpha value is -2.77. The van der Waals surface area contributed by atoms with Gasteiger partial charge >= 0.3 is 0 Å². The van der Waals surface area contributed by atoms with Crippen molar-refractivity contribution in [2.75, 3.05) is 13.1 Å². The van der Waals surface area contributed by atoms with Gasteiger partial charge in [0.2, 0.25) is 5.91 Å². The summed E-state index contributed by atoms with van der Waals surface area (Å²) in [5.41, 5.74) is 6.70. The van der Waals surface area contributed by atoms with Crippen LogP contribution in [0.25, 0.3) is 11.4 Å². The first-order valence-electron chi connectivity index (χ1n) is 7.47. The lowest BCUT2D eigenvalue weighted by atomic mass is 9.95. The molecule has 1 aliphatic heterocycles. The zero-order valence-corrected chi connectivity index (χ0v) is 12.8. The molecule has 3 rings (SSSR count). The number of nitrogens with zero attached hydrogens (tertiary/aromatic N) is 5. The third-order valence-corrected chi connectivity index (χ3v) is 4.17. The normalized spacial score (nSPS) is 15.6. The first-order valence-corrected chi connectivity index (χ1v) is 7.47. The molecule has 2 aromatic rings. The molecule has 1 aromatic heterocycles. The number of rotatable bonds is 3. The Morgan fingerprint density at radius 1 is 1.26 bits per heavy atom. The number of hydrogen-bond donors (Lipinski definition) is 1. The number of nitrogens with two attached hydrogens (primary N) is 1. The van der Waals surface area contributed by atoms with E-state index in [9.17, 15) is 9.59 Å². The van der Waals surface area contributed by atoms with Crippen LogP contribution in [-0.4, -0.2) is 50.0 Å².